The van der Waals surface area contributed by atoms with Crippen molar-refractivity contribution in [3.63, 3.8) is 0 Å². The SMILES string of the molecule is Cc1cccc(CC(=O)N2CCN(S(=O)(=O)c3cccs3)CC2)c1. The normalized spacial score (nSPS) is 16.3. The van der Waals surface area contributed by atoms with Gasteiger partial charge in [-0.15, -0.1) is 11.3 Å². The van der Waals surface area contributed by atoms with Crippen molar-refractivity contribution < 1.29 is 13.2 Å². The highest BCUT2D eigenvalue weighted by Gasteiger charge is 2.30. The van der Waals surface area contributed by atoms with Crippen LogP contribution in [-0.2, 0) is 21.2 Å². The molecule has 0 spiro atoms. The van der Waals surface area contributed by atoms with Crippen molar-refractivity contribution in [2.24, 2.45) is 0 Å². The summed E-state index contributed by atoms with van der Waals surface area (Å²) in [4.78, 5) is 14.2. The summed E-state index contributed by atoms with van der Waals surface area (Å²) in [5, 5.41) is 1.76. The maximum absolute atomic E-state index is 12.5. The lowest BCUT2D eigenvalue weighted by molar-refractivity contribution is -0.131. The Balaban J connectivity index is 1.60. The van der Waals surface area contributed by atoms with E-state index in [2.05, 4.69) is 0 Å². The maximum atomic E-state index is 12.5. The van der Waals surface area contributed by atoms with Gasteiger partial charge in [-0.1, -0.05) is 35.9 Å². The summed E-state index contributed by atoms with van der Waals surface area (Å²) >= 11 is 1.22. The van der Waals surface area contributed by atoms with Crippen LogP contribution in [0.25, 0.3) is 0 Å². The van der Waals surface area contributed by atoms with Gasteiger partial charge in [0.1, 0.15) is 4.21 Å². The molecule has 1 aliphatic rings. The molecular formula is C17H20N2O3S2. The Morgan fingerprint density at radius 2 is 1.88 bits per heavy atom. The smallest absolute Gasteiger partial charge is 0.252 e. The van der Waals surface area contributed by atoms with E-state index in [1.165, 1.54) is 15.6 Å². The van der Waals surface area contributed by atoms with Crippen molar-refractivity contribution in [1.82, 2.24) is 9.21 Å². The first-order valence-electron chi connectivity index (χ1n) is 7.84. The monoisotopic (exact) mass is 364 g/mol. The number of aryl methyl sites for hydroxylation is 1. The van der Waals surface area contributed by atoms with Crippen molar-refractivity contribution >= 4 is 27.3 Å². The number of benzene rings is 1. The fraction of sp³-hybridized carbons (Fsp3) is 0.353. The number of carbonyl (C=O) groups excluding carboxylic acids is 1. The lowest BCUT2D eigenvalue weighted by atomic mass is 10.1. The first kappa shape index (κ1) is 17.1. The van der Waals surface area contributed by atoms with Gasteiger partial charge in [-0.3, -0.25) is 4.79 Å². The molecule has 0 saturated carbocycles. The number of amides is 1. The average molecular weight is 364 g/mol. The first-order chi connectivity index (χ1) is 11.5. The molecule has 5 nitrogen and oxygen atoms in total. The highest BCUT2D eigenvalue weighted by Crippen LogP contribution is 2.22. The summed E-state index contributed by atoms with van der Waals surface area (Å²) in [6, 6.07) is 11.3. The second-order valence-electron chi connectivity index (χ2n) is 5.88. The standard InChI is InChI=1S/C17H20N2O3S2/c1-14-4-2-5-15(12-14)13-16(20)18-7-9-19(10-8-18)24(21,22)17-6-3-11-23-17/h2-6,11-12H,7-10,13H2,1H3. The number of hydrogen-bond donors (Lipinski definition) is 0. The summed E-state index contributed by atoms with van der Waals surface area (Å²) in [7, 11) is -3.42. The van der Waals surface area contributed by atoms with Gasteiger partial charge in [0.2, 0.25) is 5.91 Å². The van der Waals surface area contributed by atoms with Crippen LogP contribution in [0.15, 0.2) is 46.0 Å². The van der Waals surface area contributed by atoms with Crippen molar-refractivity contribution in [3.8, 4) is 0 Å². The molecule has 24 heavy (non-hydrogen) atoms. The van der Waals surface area contributed by atoms with Crippen molar-refractivity contribution in [3.05, 3.63) is 52.9 Å². The molecule has 0 unspecified atom stereocenters. The molecule has 0 N–H and O–H groups in total. The van der Waals surface area contributed by atoms with Crippen LogP contribution in [-0.4, -0.2) is 49.7 Å². The van der Waals surface area contributed by atoms with Gasteiger partial charge >= 0.3 is 0 Å². The molecule has 0 bridgehead atoms. The Morgan fingerprint density at radius 3 is 2.50 bits per heavy atom. The average Bonchev–Trinajstić information content (AvgIpc) is 3.10. The van der Waals surface area contributed by atoms with E-state index < -0.39 is 10.0 Å². The minimum Gasteiger partial charge on any atom is -0.340 e. The number of hydrogen-bond acceptors (Lipinski definition) is 4. The van der Waals surface area contributed by atoms with Gasteiger partial charge in [0.05, 0.1) is 6.42 Å². The van der Waals surface area contributed by atoms with Crippen LogP contribution in [0, 0.1) is 6.92 Å². The molecule has 3 rings (SSSR count). The summed E-state index contributed by atoms with van der Waals surface area (Å²) in [6.07, 6.45) is 0.360. The van der Waals surface area contributed by atoms with Crippen molar-refractivity contribution in [1.29, 1.82) is 0 Å². The number of carbonyl (C=O) groups is 1. The third-order valence-corrected chi connectivity index (χ3v) is 7.39. The molecule has 1 aliphatic heterocycles. The van der Waals surface area contributed by atoms with Gasteiger partial charge in [0, 0.05) is 26.2 Å². The van der Waals surface area contributed by atoms with Crippen LogP contribution in [0.3, 0.4) is 0 Å². The molecule has 7 heteroatoms. The molecule has 0 radical (unpaired) electrons. The molecule has 1 fully saturated rings. The van der Waals surface area contributed by atoms with E-state index in [1.54, 1.807) is 22.4 Å². The van der Waals surface area contributed by atoms with Gasteiger partial charge in [-0.05, 0) is 23.9 Å². The van der Waals surface area contributed by atoms with Crippen LogP contribution in [0.1, 0.15) is 11.1 Å². The Bertz CT molecular complexity index is 808. The Kier molecular flexibility index (Phi) is 5.03. The predicted molar refractivity (Wildman–Crippen MR) is 94.5 cm³/mol. The number of piperazine rings is 1. The Morgan fingerprint density at radius 1 is 1.12 bits per heavy atom. The molecule has 128 valence electrons. The Hall–Kier alpha value is -1.70. The molecule has 0 aliphatic carbocycles. The minimum atomic E-state index is -3.42. The van der Waals surface area contributed by atoms with E-state index in [0.29, 0.717) is 36.8 Å². The Labute approximate surface area is 146 Å². The van der Waals surface area contributed by atoms with E-state index in [4.69, 9.17) is 0 Å². The lowest BCUT2D eigenvalue weighted by Crippen LogP contribution is -2.50. The van der Waals surface area contributed by atoms with Crippen LogP contribution >= 0.6 is 11.3 Å². The highest BCUT2D eigenvalue weighted by atomic mass is 32.2. The zero-order chi connectivity index (χ0) is 17.2. The molecule has 0 atom stereocenters. The van der Waals surface area contributed by atoms with E-state index in [1.807, 2.05) is 31.2 Å². The molecular weight excluding hydrogens is 344 g/mol. The summed E-state index contributed by atoms with van der Waals surface area (Å²) in [5.74, 6) is 0.0498. The molecule has 1 amide bonds. The fourth-order valence-electron chi connectivity index (χ4n) is 2.82. The summed E-state index contributed by atoms with van der Waals surface area (Å²) in [5.41, 5.74) is 2.13. The van der Waals surface area contributed by atoms with Crippen LogP contribution in [0.5, 0.6) is 0 Å². The van der Waals surface area contributed by atoms with E-state index in [-0.39, 0.29) is 5.91 Å². The van der Waals surface area contributed by atoms with Crippen molar-refractivity contribution in [2.75, 3.05) is 26.2 Å². The second kappa shape index (κ2) is 7.04. The zero-order valence-corrected chi connectivity index (χ0v) is 15.1. The van der Waals surface area contributed by atoms with E-state index in [9.17, 15) is 13.2 Å². The van der Waals surface area contributed by atoms with Crippen LogP contribution in [0.4, 0.5) is 0 Å². The second-order valence-corrected chi connectivity index (χ2v) is 9.00. The van der Waals surface area contributed by atoms with E-state index in [0.717, 1.165) is 11.1 Å². The number of thiophene rings is 1. The third kappa shape index (κ3) is 3.68. The van der Waals surface area contributed by atoms with Gasteiger partial charge in [0.25, 0.3) is 10.0 Å². The number of rotatable bonds is 4. The molecule has 1 aromatic carbocycles. The lowest BCUT2D eigenvalue weighted by Gasteiger charge is -2.33. The van der Waals surface area contributed by atoms with Gasteiger partial charge in [0.15, 0.2) is 0 Å². The van der Waals surface area contributed by atoms with Gasteiger partial charge in [-0.2, -0.15) is 4.31 Å². The predicted octanol–water partition coefficient (Wildman–Crippen LogP) is 2.13. The molecule has 1 aromatic heterocycles. The number of nitrogens with zero attached hydrogens (tertiary/aromatic N) is 2. The largest absolute Gasteiger partial charge is 0.340 e. The summed E-state index contributed by atoms with van der Waals surface area (Å²) < 4.78 is 26.8. The maximum Gasteiger partial charge on any atom is 0.252 e. The van der Waals surface area contributed by atoms with Gasteiger partial charge in [-0.25, -0.2) is 8.42 Å². The minimum absolute atomic E-state index is 0.0498. The van der Waals surface area contributed by atoms with Gasteiger partial charge < -0.3 is 4.90 Å². The number of sulfonamides is 1. The quantitative estimate of drug-likeness (QED) is 0.835. The highest BCUT2D eigenvalue weighted by molar-refractivity contribution is 7.91. The molecule has 2 heterocycles. The van der Waals surface area contributed by atoms with Crippen molar-refractivity contribution in [2.45, 2.75) is 17.6 Å². The topological polar surface area (TPSA) is 57.7 Å². The zero-order valence-electron chi connectivity index (χ0n) is 13.5. The van der Waals surface area contributed by atoms with Crippen LogP contribution in [0.2, 0.25) is 0 Å². The molecule has 1 saturated heterocycles. The first-order valence-corrected chi connectivity index (χ1v) is 10.2. The summed E-state index contributed by atoms with van der Waals surface area (Å²) in [6.45, 7) is 3.58. The third-order valence-electron chi connectivity index (χ3n) is 4.12. The fourth-order valence-corrected chi connectivity index (χ4v) is 5.39. The van der Waals surface area contributed by atoms with Crippen LogP contribution < -0.4 is 0 Å². The van der Waals surface area contributed by atoms with E-state index >= 15 is 0 Å². The molecule has 2 aromatic rings.